The van der Waals surface area contributed by atoms with Gasteiger partial charge >= 0.3 is 0 Å². The van der Waals surface area contributed by atoms with Gasteiger partial charge in [0.05, 0.1) is 12.1 Å². The summed E-state index contributed by atoms with van der Waals surface area (Å²) in [6, 6.07) is 12.2. The van der Waals surface area contributed by atoms with E-state index in [1.165, 1.54) is 6.92 Å². The predicted molar refractivity (Wildman–Crippen MR) is 96.2 cm³/mol. The van der Waals surface area contributed by atoms with Crippen LogP contribution in [0.4, 0.5) is 11.4 Å². The van der Waals surface area contributed by atoms with Crippen molar-refractivity contribution < 1.29 is 14.3 Å². The fourth-order valence-electron chi connectivity index (χ4n) is 2.14. The molecule has 0 aliphatic carbocycles. The second-order valence-corrected chi connectivity index (χ2v) is 5.62. The van der Waals surface area contributed by atoms with Crippen molar-refractivity contribution in [2.24, 2.45) is 0 Å². The number of Topliss-reactive ketones (excluding diaryl/α,β-unsaturated/α-hetero) is 1. The lowest BCUT2D eigenvalue weighted by Gasteiger charge is -2.10. The number of benzene rings is 2. The number of rotatable bonds is 7. The van der Waals surface area contributed by atoms with Gasteiger partial charge in [-0.2, -0.15) is 0 Å². The standard InChI is InChI=1S/C18H19ClN2O3/c1-12(22)13-4-3-5-15(10-13)21-18(23)8-9-20-14-6-7-17(24-2)16(19)11-14/h3-7,10-11,20H,8-9H2,1-2H3,(H,21,23). The third-order valence-electron chi connectivity index (χ3n) is 3.39. The number of methoxy groups -OCH3 is 1. The second kappa shape index (κ2) is 8.36. The Balaban J connectivity index is 1.84. The molecule has 2 aromatic rings. The number of ketones is 1. The fourth-order valence-corrected chi connectivity index (χ4v) is 2.39. The van der Waals surface area contributed by atoms with E-state index < -0.39 is 0 Å². The Kier molecular flexibility index (Phi) is 6.21. The smallest absolute Gasteiger partial charge is 0.226 e. The van der Waals surface area contributed by atoms with Crippen LogP contribution < -0.4 is 15.4 Å². The van der Waals surface area contributed by atoms with Gasteiger partial charge < -0.3 is 15.4 Å². The molecule has 0 fully saturated rings. The lowest BCUT2D eigenvalue weighted by molar-refractivity contribution is -0.115. The maximum atomic E-state index is 12.0. The van der Waals surface area contributed by atoms with E-state index in [2.05, 4.69) is 10.6 Å². The second-order valence-electron chi connectivity index (χ2n) is 5.21. The summed E-state index contributed by atoms with van der Waals surface area (Å²) in [5, 5.41) is 6.41. The predicted octanol–water partition coefficient (Wildman–Crippen LogP) is 3.99. The first-order valence-corrected chi connectivity index (χ1v) is 7.85. The average Bonchev–Trinajstić information content (AvgIpc) is 2.55. The van der Waals surface area contributed by atoms with E-state index in [0.717, 1.165) is 5.69 Å². The molecule has 0 saturated carbocycles. The number of hydrogen-bond acceptors (Lipinski definition) is 4. The molecule has 0 aromatic heterocycles. The number of amides is 1. The van der Waals surface area contributed by atoms with Crippen molar-refractivity contribution in [1.29, 1.82) is 0 Å². The zero-order valence-electron chi connectivity index (χ0n) is 13.6. The molecule has 0 saturated heterocycles. The van der Waals surface area contributed by atoms with Gasteiger partial charge in [0, 0.05) is 29.9 Å². The van der Waals surface area contributed by atoms with Crippen LogP contribution in [-0.4, -0.2) is 25.3 Å². The quantitative estimate of drug-likeness (QED) is 0.744. The van der Waals surface area contributed by atoms with Gasteiger partial charge in [-0.1, -0.05) is 23.7 Å². The average molecular weight is 347 g/mol. The van der Waals surface area contributed by atoms with Crippen LogP contribution >= 0.6 is 11.6 Å². The van der Waals surface area contributed by atoms with Gasteiger partial charge in [0.1, 0.15) is 5.75 Å². The summed E-state index contributed by atoms with van der Waals surface area (Å²) in [6.45, 7) is 1.95. The van der Waals surface area contributed by atoms with Gasteiger partial charge in [0.15, 0.2) is 5.78 Å². The van der Waals surface area contributed by atoms with E-state index >= 15 is 0 Å². The van der Waals surface area contributed by atoms with Crippen molar-refractivity contribution in [3.8, 4) is 5.75 Å². The maximum absolute atomic E-state index is 12.0. The molecule has 0 bridgehead atoms. The number of carbonyl (C=O) groups is 2. The highest BCUT2D eigenvalue weighted by Gasteiger charge is 2.06. The Morgan fingerprint density at radius 1 is 1.12 bits per heavy atom. The van der Waals surface area contributed by atoms with Crippen LogP contribution in [0.3, 0.4) is 0 Å². The highest BCUT2D eigenvalue weighted by Crippen LogP contribution is 2.27. The van der Waals surface area contributed by atoms with Crippen LogP contribution in [0.5, 0.6) is 5.75 Å². The number of nitrogens with one attached hydrogen (secondary N) is 2. The van der Waals surface area contributed by atoms with Crippen LogP contribution in [0.25, 0.3) is 0 Å². The molecule has 2 rings (SSSR count). The maximum Gasteiger partial charge on any atom is 0.226 e. The van der Waals surface area contributed by atoms with Gasteiger partial charge in [-0.05, 0) is 37.3 Å². The van der Waals surface area contributed by atoms with Gasteiger partial charge in [-0.15, -0.1) is 0 Å². The van der Waals surface area contributed by atoms with E-state index in [4.69, 9.17) is 16.3 Å². The molecule has 6 heteroatoms. The van der Waals surface area contributed by atoms with Crippen molar-refractivity contribution in [2.75, 3.05) is 24.3 Å². The van der Waals surface area contributed by atoms with E-state index in [1.54, 1.807) is 43.5 Å². The number of hydrogen-bond donors (Lipinski definition) is 2. The van der Waals surface area contributed by atoms with Gasteiger partial charge in [0.25, 0.3) is 0 Å². The summed E-state index contributed by atoms with van der Waals surface area (Å²) in [4.78, 5) is 23.3. The molecule has 2 aromatic carbocycles. The molecule has 0 aliphatic heterocycles. The van der Waals surface area contributed by atoms with Crippen LogP contribution in [0, 0.1) is 0 Å². The zero-order valence-corrected chi connectivity index (χ0v) is 14.3. The zero-order chi connectivity index (χ0) is 17.5. The Labute approximate surface area is 146 Å². The normalized spacial score (nSPS) is 10.1. The summed E-state index contributed by atoms with van der Waals surface area (Å²) < 4.78 is 5.09. The highest BCUT2D eigenvalue weighted by molar-refractivity contribution is 6.32. The molecule has 2 N–H and O–H groups in total. The fraction of sp³-hybridized carbons (Fsp3) is 0.222. The van der Waals surface area contributed by atoms with Crippen molar-refractivity contribution in [3.05, 3.63) is 53.1 Å². The van der Waals surface area contributed by atoms with Crippen molar-refractivity contribution in [3.63, 3.8) is 0 Å². The summed E-state index contributed by atoms with van der Waals surface area (Å²) in [5.41, 5.74) is 1.99. The first kappa shape index (κ1) is 17.8. The third kappa shape index (κ3) is 4.99. The molecule has 126 valence electrons. The monoisotopic (exact) mass is 346 g/mol. The summed E-state index contributed by atoms with van der Waals surface area (Å²) in [7, 11) is 1.56. The number of ether oxygens (including phenoxy) is 1. The lowest BCUT2D eigenvalue weighted by atomic mass is 10.1. The molecule has 0 unspecified atom stereocenters. The van der Waals surface area contributed by atoms with Crippen molar-refractivity contribution in [1.82, 2.24) is 0 Å². The number of halogens is 1. The summed E-state index contributed by atoms with van der Waals surface area (Å²) in [5.74, 6) is 0.428. The molecule has 0 atom stereocenters. The molecular formula is C18H19ClN2O3. The van der Waals surface area contributed by atoms with Crippen LogP contribution in [0.1, 0.15) is 23.7 Å². The Bertz CT molecular complexity index is 747. The van der Waals surface area contributed by atoms with E-state index in [-0.39, 0.29) is 18.1 Å². The summed E-state index contributed by atoms with van der Waals surface area (Å²) in [6.07, 6.45) is 0.286. The molecule has 24 heavy (non-hydrogen) atoms. The molecule has 0 aliphatic rings. The molecule has 0 radical (unpaired) electrons. The van der Waals surface area contributed by atoms with E-state index in [0.29, 0.717) is 28.6 Å². The Hall–Kier alpha value is -2.53. The van der Waals surface area contributed by atoms with Gasteiger partial charge in [-0.3, -0.25) is 9.59 Å². The summed E-state index contributed by atoms with van der Waals surface area (Å²) >= 11 is 6.05. The minimum atomic E-state index is -0.136. The SMILES string of the molecule is COc1ccc(NCCC(=O)Nc2cccc(C(C)=O)c2)cc1Cl. The minimum absolute atomic E-state index is 0.0378. The van der Waals surface area contributed by atoms with Gasteiger partial charge in [-0.25, -0.2) is 0 Å². The Morgan fingerprint density at radius 2 is 1.92 bits per heavy atom. The number of anilines is 2. The molecule has 0 spiro atoms. The van der Waals surface area contributed by atoms with Crippen molar-refractivity contribution in [2.45, 2.75) is 13.3 Å². The largest absolute Gasteiger partial charge is 0.495 e. The van der Waals surface area contributed by atoms with Crippen LogP contribution in [-0.2, 0) is 4.79 Å². The number of carbonyl (C=O) groups excluding carboxylic acids is 2. The van der Waals surface area contributed by atoms with Crippen LogP contribution in [0.2, 0.25) is 5.02 Å². The first-order chi connectivity index (χ1) is 11.5. The third-order valence-corrected chi connectivity index (χ3v) is 3.68. The first-order valence-electron chi connectivity index (χ1n) is 7.48. The topological polar surface area (TPSA) is 67.4 Å². The van der Waals surface area contributed by atoms with E-state index in [1.807, 2.05) is 6.07 Å². The minimum Gasteiger partial charge on any atom is -0.495 e. The lowest BCUT2D eigenvalue weighted by Crippen LogP contribution is -2.16. The molecular weight excluding hydrogens is 328 g/mol. The van der Waals surface area contributed by atoms with E-state index in [9.17, 15) is 9.59 Å². The Morgan fingerprint density at radius 3 is 2.58 bits per heavy atom. The molecule has 5 nitrogen and oxygen atoms in total. The molecule has 0 heterocycles. The van der Waals surface area contributed by atoms with Crippen LogP contribution in [0.15, 0.2) is 42.5 Å². The van der Waals surface area contributed by atoms with Crippen molar-refractivity contribution >= 4 is 34.7 Å². The molecule has 1 amide bonds. The highest BCUT2D eigenvalue weighted by atomic mass is 35.5. The van der Waals surface area contributed by atoms with Gasteiger partial charge in [0.2, 0.25) is 5.91 Å².